The highest BCUT2D eigenvalue weighted by Gasteiger charge is 2.38. The highest BCUT2D eigenvalue weighted by atomic mass is 16.7. The molecule has 0 heterocycles. The van der Waals surface area contributed by atoms with Crippen molar-refractivity contribution in [2.24, 2.45) is 34.4 Å². The minimum absolute atomic E-state index is 0.00911. The van der Waals surface area contributed by atoms with Crippen LogP contribution in [0, 0.1) is 29.1 Å². The number of aliphatic hydroxyl groups is 1. The number of hydrogen-bond donors (Lipinski definition) is 12. The van der Waals surface area contributed by atoms with E-state index >= 15 is 0 Å². The molecule has 3 aromatic rings. The van der Waals surface area contributed by atoms with Gasteiger partial charge in [0.1, 0.15) is 48.4 Å². The highest BCUT2D eigenvalue weighted by molar-refractivity contribution is 6.42. The molecule has 31 nitrogen and oxygen atoms in total. The standard InChI is InChI=1S/C64H86N14O17/c1-35(2)25-45(72-53(82)33-69-61(90)50(28-42-23-17-12-18-24-42)78(9)62(91)38(6)71-57(86)44(66)26-40-19-13-10-14-20-40)59(88)70-37(5)51(80)29-43(36(3)4)56(85)73-46(27-41-21-15-11-16-22-41)60(89)74-47(30-54(83)95-76-48(31-65)64(93)94)63(92)77(8)39(7)55(84)75-49(34-79)58(87)68-32-52(67)81/h10-24,35-39,43-47,49-50,79H,25-30,32-34,66H2,1-9H3,(H2,67,81)(H,68,87)(H,69,90)(H,70,88)(H,71,86)(H,72,82)(H,73,85)(H,74,89)(H,75,84)(H,93,94)/b76-48+/t37-,38-,39-,43-,44-,45-,46-,47-,49-,50-/m0/s1. The van der Waals surface area contributed by atoms with E-state index in [-0.39, 0.29) is 31.6 Å². The second-order valence-corrected chi connectivity index (χ2v) is 23.3. The zero-order valence-corrected chi connectivity index (χ0v) is 54.4. The normalized spacial score (nSPS) is 14.3. The number of nitrogens with two attached hydrogens (primary N) is 2. The minimum Gasteiger partial charge on any atom is -0.476 e. The molecule has 0 radical (unpaired) electrons. The Kier molecular flexibility index (Phi) is 32.5. The first-order chi connectivity index (χ1) is 44.8. The van der Waals surface area contributed by atoms with Crippen LogP contribution in [0.3, 0.4) is 0 Å². The van der Waals surface area contributed by atoms with Crippen LogP contribution in [0.5, 0.6) is 0 Å². The number of amides is 11. The summed E-state index contributed by atoms with van der Waals surface area (Å²) in [6.45, 7) is 8.48. The molecule has 0 aromatic heterocycles. The Balaban J connectivity index is 1.82. The zero-order valence-electron chi connectivity index (χ0n) is 54.4. The molecule has 95 heavy (non-hydrogen) atoms. The summed E-state index contributed by atoms with van der Waals surface area (Å²) in [5.74, 6) is -15.8. The van der Waals surface area contributed by atoms with Gasteiger partial charge in [-0.15, -0.1) is 0 Å². The summed E-state index contributed by atoms with van der Waals surface area (Å²) in [4.78, 5) is 194. The van der Waals surface area contributed by atoms with Gasteiger partial charge in [-0.25, -0.2) is 9.59 Å². The first-order valence-corrected chi connectivity index (χ1v) is 30.4. The van der Waals surface area contributed by atoms with Crippen LogP contribution in [-0.4, -0.2) is 197 Å². The third-order valence-corrected chi connectivity index (χ3v) is 14.9. The number of hydrogen-bond acceptors (Lipinski definition) is 19. The van der Waals surface area contributed by atoms with Crippen molar-refractivity contribution in [3.63, 3.8) is 0 Å². The van der Waals surface area contributed by atoms with Crippen molar-refractivity contribution in [2.75, 3.05) is 33.8 Å². The van der Waals surface area contributed by atoms with Crippen molar-refractivity contribution >= 4 is 88.4 Å². The summed E-state index contributed by atoms with van der Waals surface area (Å²) in [6.07, 6.45) is -1.65. The molecule has 0 aliphatic rings. The Labute approximate surface area is 549 Å². The van der Waals surface area contributed by atoms with E-state index < -0.39 is 187 Å². The van der Waals surface area contributed by atoms with Gasteiger partial charge in [-0.3, -0.25) is 57.5 Å². The van der Waals surface area contributed by atoms with Crippen molar-refractivity contribution in [1.29, 1.82) is 5.26 Å². The molecule has 0 aliphatic carbocycles. The average Bonchev–Trinajstić information content (AvgIpc) is 0.872. The van der Waals surface area contributed by atoms with E-state index in [1.807, 2.05) is 18.2 Å². The van der Waals surface area contributed by atoms with Crippen LogP contribution in [-0.2, 0) is 91.2 Å². The number of carbonyl (C=O) groups excluding carboxylic acids is 13. The van der Waals surface area contributed by atoms with Crippen LogP contribution in [0.1, 0.15) is 84.4 Å². The van der Waals surface area contributed by atoms with E-state index in [4.69, 9.17) is 16.7 Å². The molecular weight excluding hydrogens is 1240 g/mol. The number of carboxylic acids is 1. The lowest BCUT2D eigenvalue weighted by Crippen LogP contribution is -2.59. The Morgan fingerprint density at radius 1 is 0.558 bits per heavy atom. The molecule has 10 atom stereocenters. The predicted octanol–water partition coefficient (Wildman–Crippen LogP) is -2.45. The second-order valence-electron chi connectivity index (χ2n) is 23.3. The van der Waals surface area contributed by atoms with Gasteiger partial charge in [0, 0.05) is 39.3 Å². The van der Waals surface area contributed by atoms with Crippen LogP contribution >= 0.6 is 0 Å². The van der Waals surface area contributed by atoms with Gasteiger partial charge in [-0.05, 0) is 62.1 Å². The number of rotatable bonds is 38. The van der Waals surface area contributed by atoms with Crippen molar-refractivity contribution in [3.8, 4) is 6.07 Å². The number of likely N-dealkylation sites (N-methyl/N-ethyl adjacent to an activating group) is 2. The van der Waals surface area contributed by atoms with Gasteiger partial charge in [0.2, 0.25) is 65.0 Å². The number of benzene rings is 3. The predicted molar refractivity (Wildman–Crippen MR) is 341 cm³/mol. The number of oxime groups is 1. The lowest BCUT2D eigenvalue weighted by Gasteiger charge is -2.30. The van der Waals surface area contributed by atoms with E-state index in [0.29, 0.717) is 11.1 Å². The van der Waals surface area contributed by atoms with Crippen LogP contribution in [0.15, 0.2) is 96.2 Å². The van der Waals surface area contributed by atoms with Gasteiger partial charge < -0.3 is 78.9 Å². The Morgan fingerprint density at radius 3 is 1.58 bits per heavy atom. The summed E-state index contributed by atoms with van der Waals surface area (Å²) < 4.78 is 0. The van der Waals surface area contributed by atoms with Gasteiger partial charge in [0.05, 0.1) is 38.2 Å². The molecule has 0 saturated carbocycles. The summed E-state index contributed by atoms with van der Waals surface area (Å²) in [6, 6.07) is 14.5. The number of nitrogens with one attached hydrogen (secondary N) is 8. The highest BCUT2D eigenvalue weighted by Crippen LogP contribution is 2.20. The number of primary amides is 1. The Morgan fingerprint density at radius 2 is 1.06 bits per heavy atom. The largest absolute Gasteiger partial charge is 0.476 e. The van der Waals surface area contributed by atoms with Gasteiger partial charge in [-0.2, -0.15) is 5.26 Å². The third kappa shape index (κ3) is 26.6. The van der Waals surface area contributed by atoms with E-state index in [9.17, 15) is 77.3 Å². The molecule has 0 bridgehead atoms. The van der Waals surface area contributed by atoms with E-state index in [2.05, 4.69) is 52.5 Å². The molecule has 0 spiro atoms. The topological polar surface area (TPSA) is 480 Å². The lowest BCUT2D eigenvalue weighted by molar-refractivity contribution is -0.149. The van der Waals surface area contributed by atoms with Crippen molar-refractivity contribution in [1.82, 2.24) is 52.3 Å². The number of aliphatic carboxylic acids is 1. The van der Waals surface area contributed by atoms with E-state index in [1.54, 1.807) is 100 Å². The number of carbonyl (C=O) groups is 14. The fourth-order valence-corrected chi connectivity index (χ4v) is 9.31. The number of carboxylic acid groups (broad SMARTS) is 1. The van der Waals surface area contributed by atoms with Gasteiger partial charge >= 0.3 is 11.9 Å². The van der Waals surface area contributed by atoms with Crippen molar-refractivity contribution in [3.05, 3.63) is 108 Å². The molecule has 11 amide bonds. The SMILES string of the molecule is CC(C)C[C@H](NC(=O)CNC(=O)[C@H](Cc1ccccc1)N(C)C(=O)[C@H](C)NC(=O)[C@@H](N)Cc1ccccc1)C(=O)N[C@@H](C)C(=O)C[C@H](C(=O)N[C@@H](Cc1ccccc1)C(=O)N[C@@H](CC(=O)O/N=C(\C#N)C(=O)O)C(=O)N(C)[C@@H](C)C(=O)N[C@@H](CO)C(=O)NCC(N)=O)C(C)C. The summed E-state index contributed by atoms with van der Waals surface area (Å²) in [5, 5.41) is 50.8. The molecule has 0 unspecified atom stereocenters. The zero-order chi connectivity index (χ0) is 71.2. The molecule has 514 valence electrons. The van der Waals surface area contributed by atoms with Crippen LogP contribution in [0.2, 0.25) is 0 Å². The maximum Gasteiger partial charge on any atom is 0.369 e. The number of Topliss-reactive ketones (excluding diaryl/α,β-unsaturated/α-hetero) is 1. The van der Waals surface area contributed by atoms with Gasteiger partial charge in [-0.1, -0.05) is 124 Å². The molecule has 0 fully saturated rings. The van der Waals surface area contributed by atoms with Crippen LogP contribution in [0.4, 0.5) is 0 Å². The molecular formula is C64H86N14O17. The minimum atomic E-state index is -2.01. The third-order valence-electron chi connectivity index (χ3n) is 14.9. The molecule has 14 N–H and O–H groups in total. The van der Waals surface area contributed by atoms with Crippen molar-refractivity contribution in [2.45, 2.75) is 141 Å². The van der Waals surface area contributed by atoms with Gasteiger partial charge in [0.15, 0.2) is 5.78 Å². The monoisotopic (exact) mass is 1320 g/mol. The fourth-order valence-electron chi connectivity index (χ4n) is 9.31. The van der Waals surface area contributed by atoms with E-state index in [1.165, 1.54) is 27.0 Å². The maximum absolute atomic E-state index is 14.5. The fraction of sp³-hybridized carbons (Fsp3) is 0.469. The molecule has 3 aromatic carbocycles. The first-order valence-electron chi connectivity index (χ1n) is 30.4. The van der Waals surface area contributed by atoms with Crippen molar-refractivity contribution < 1.29 is 82.2 Å². The Bertz CT molecular complexity index is 3270. The lowest BCUT2D eigenvalue weighted by atomic mass is 9.87. The second kappa shape index (κ2) is 39.2. The van der Waals surface area contributed by atoms with Crippen LogP contribution in [0.25, 0.3) is 0 Å². The smallest absolute Gasteiger partial charge is 0.369 e. The number of ketones is 1. The maximum atomic E-state index is 14.5. The van der Waals surface area contributed by atoms with E-state index in [0.717, 1.165) is 29.3 Å². The molecule has 0 saturated heterocycles. The number of nitriles is 1. The Hall–Kier alpha value is -10.5. The number of aliphatic hydroxyl groups excluding tert-OH is 1. The van der Waals surface area contributed by atoms with Crippen LogP contribution < -0.4 is 54.0 Å². The number of nitrogens with zero attached hydrogens (tertiary/aromatic N) is 4. The molecule has 0 aliphatic heterocycles. The summed E-state index contributed by atoms with van der Waals surface area (Å²) in [5.41, 5.74) is 11.9. The van der Waals surface area contributed by atoms with Gasteiger partial charge in [0.25, 0.3) is 5.71 Å². The summed E-state index contributed by atoms with van der Waals surface area (Å²) in [7, 11) is 2.44. The summed E-state index contributed by atoms with van der Waals surface area (Å²) >= 11 is 0. The molecule has 3 rings (SSSR count). The quantitative estimate of drug-likeness (QED) is 0.0161. The molecule has 31 heteroatoms. The first kappa shape index (κ1) is 78.8. The average molecular weight is 1320 g/mol.